The lowest BCUT2D eigenvalue weighted by Crippen LogP contribution is -2.21. The van der Waals surface area contributed by atoms with Crippen molar-refractivity contribution in [3.63, 3.8) is 0 Å². The van der Waals surface area contributed by atoms with E-state index in [2.05, 4.69) is 21.2 Å². The largest absolute Gasteiger partial charge is 0.482 e. The second-order valence-corrected chi connectivity index (χ2v) is 6.58. The van der Waals surface area contributed by atoms with Crippen LogP contribution in [0.25, 0.3) is 0 Å². The van der Waals surface area contributed by atoms with E-state index in [0.717, 1.165) is 15.6 Å². The number of carbonyl (C=O) groups is 1. The number of ether oxygens (including phenoxy) is 1. The number of amides is 1. The molecule has 22 heavy (non-hydrogen) atoms. The minimum Gasteiger partial charge on any atom is -0.482 e. The maximum atomic E-state index is 12.0. The average molecular weight is 403 g/mol. The number of carbonyl (C=O) groups excluding carboxylic acids is 1. The van der Waals surface area contributed by atoms with Gasteiger partial charge in [0.05, 0.1) is 15.7 Å². The summed E-state index contributed by atoms with van der Waals surface area (Å²) in [5.74, 6) is 0.152. The number of aryl methyl sites for hydroxylation is 2. The predicted octanol–water partition coefficient (Wildman–Crippen LogP) is 5.39. The molecule has 1 amide bonds. The summed E-state index contributed by atoms with van der Waals surface area (Å²) in [5, 5.41) is 3.70. The number of hydrogen-bond donors (Lipinski definition) is 1. The van der Waals surface area contributed by atoms with Crippen LogP contribution < -0.4 is 10.1 Å². The molecule has 0 aliphatic carbocycles. The van der Waals surface area contributed by atoms with Crippen LogP contribution in [-0.4, -0.2) is 12.5 Å². The van der Waals surface area contributed by atoms with Crippen LogP contribution in [0.15, 0.2) is 34.8 Å². The monoisotopic (exact) mass is 401 g/mol. The van der Waals surface area contributed by atoms with Gasteiger partial charge in [0.15, 0.2) is 6.61 Å². The molecule has 0 heterocycles. The molecule has 0 spiro atoms. The Morgan fingerprint density at radius 3 is 2.55 bits per heavy atom. The third-order valence-corrected chi connectivity index (χ3v) is 4.04. The van der Waals surface area contributed by atoms with Crippen molar-refractivity contribution in [2.45, 2.75) is 13.8 Å². The third-order valence-electron chi connectivity index (χ3n) is 2.95. The molecule has 2 aromatic rings. The van der Waals surface area contributed by atoms with E-state index in [0.29, 0.717) is 21.5 Å². The van der Waals surface area contributed by atoms with Crippen LogP contribution in [0.1, 0.15) is 11.1 Å². The fourth-order valence-corrected chi connectivity index (χ4v) is 3.08. The second kappa shape index (κ2) is 7.36. The molecule has 0 aromatic heterocycles. The van der Waals surface area contributed by atoms with Gasteiger partial charge in [-0.1, -0.05) is 45.2 Å². The van der Waals surface area contributed by atoms with Gasteiger partial charge in [0.1, 0.15) is 5.75 Å². The summed E-state index contributed by atoms with van der Waals surface area (Å²) in [6.07, 6.45) is 0. The molecular weight excluding hydrogens is 389 g/mol. The topological polar surface area (TPSA) is 38.3 Å². The standard InChI is InChI=1S/C16H14BrCl2NO2/c1-9-5-10(2)16(13(19)6-9)20-15(21)8-22-14-4-3-11(17)7-12(14)18/h3-7H,8H2,1-2H3,(H,20,21). The van der Waals surface area contributed by atoms with Crippen molar-refractivity contribution in [3.05, 3.63) is 56.0 Å². The lowest BCUT2D eigenvalue weighted by molar-refractivity contribution is -0.118. The van der Waals surface area contributed by atoms with Crippen molar-refractivity contribution in [1.82, 2.24) is 0 Å². The lowest BCUT2D eigenvalue weighted by atomic mass is 10.1. The van der Waals surface area contributed by atoms with E-state index in [1.165, 1.54) is 0 Å². The predicted molar refractivity (Wildman–Crippen MR) is 94.2 cm³/mol. The molecule has 0 aliphatic rings. The lowest BCUT2D eigenvalue weighted by Gasteiger charge is -2.12. The summed E-state index contributed by atoms with van der Waals surface area (Å²) in [7, 11) is 0. The molecule has 2 aromatic carbocycles. The minimum absolute atomic E-state index is 0.148. The van der Waals surface area contributed by atoms with E-state index in [-0.39, 0.29) is 12.5 Å². The van der Waals surface area contributed by atoms with Gasteiger partial charge in [-0.05, 0) is 49.2 Å². The molecule has 0 fully saturated rings. The van der Waals surface area contributed by atoms with Crippen LogP contribution in [-0.2, 0) is 4.79 Å². The first-order valence-corrected chi connectivity index (χ1v) is 8.06. The highest BCUT2D eigenvalue weighted by molar-refractivity contribution is 9.10. The summed E-state index contributed by atoms with van der Waals surface area (Å²) < 4.78 is 6.27. The molecule has 2 rings (SSSR count). The fourth-order valence-electron chi connectivity index (χ4n) is 1.99. The smallest absolute Gasteiger partial charge is 0.262 e. The number of anilines is 1. The highest BCUT2D eigenvalue weighted by atomic mass is 79.9. The first-order chi connectivity index (χ1) is 10.4. The quantitative estimate of drug-likeness (QED) is 0.744. The highest BCUT2D eigenvalue weighted by Gasteiger charge is 2.11. The number of nitrogens with one attached hydrogen (secondary N) is 1. The molecule has 116 valence electrons. The van der Waals surface area contributed by atoms with Crippen LogP contribution in [0, 0.1) is 13.8 Å². The van der Waals surface area contributed by atoms with Crippen molar-refractivity contribution in [2.75, 3.05) is 11.9 Å². The van der Waals surface area contributed by atoms with Crippen LogP contribution >= 0.6 is 39.1 Å². The van der Waals surface area contributed by atoms with Crippen LogP contribution in [0.4, 0.5) is 5.69 Å². The van der Waals surface area contributed by atoms with E-state index >= 15 is 0 Å². The number of halogens is 3. The number of rotatable bonds is 4. The van der Waals surface area contributed by atoms with Gasteiger partial charge in [-0.15, -0.1) is 0 Å². The zero-order valence-corrected chi connectivity index (χ0v) is 15.1. The Morgan fingerprint density at radius 1 is 1.18 bits per heavy atom. The molecule has 0 aliphatic heterocycles. The van der Waals surface area contributed by atoms with Crippen molar-refractivity contribution in [1.29, 1.82) is 0 Å². The van der Waals surface area contributed by atoms with Crippen LogP contribution in [0.3, 0.4) is 0 Å². The number of benzene rings is 2. The highest BCUT2D eigenvalue weighted by Crippen LogP contribution is 2.29. The summed E-state index contributed by atoms with van der Waals surface area (Å²) >= 11 is 15.5. The van der Waals surface area contributed by atoms with Gasteiger partial charge in [-0.2, -0.15) is 0 Å². The van der Waals surface area contributed by atoms with Crippen molar-refractivity contribution in [2.24, 2.45) is 0 Å². The van der Waals surface area contributed by atoms with Gasteiger partial charge in [-0.25, -0.2) is 0 Å². The summed E-state index contributed by atoms with van der Waals surface area (Å²) in [5.41, 5.74) is 2.54. The summed E-state index contributed by atoms with van der Waals surface area (Å²) in [6, 6.07) is 8.95. The molecule has 0 radical (unpaired) electrons. The Balaban J connectivity index is 2.02. The first-order valence-electron chi connectivity index (χ1n) is 6.51. The minimum atomic E-state index is -0.298. The van der Waals surface area contributed by atoms with Crippen molar-refractivity contribution < 1.29 is 9.53 Å². The van der Waals surface area contributed by atoms with E-state index in [9.17, 15) is 4.79 Å². The van der Waals surface area contributed by atoms with Crippen molar-refractivity contribution in [3.8, 4) is 5.75 Å². The Kier molecular flexibility index (Phi) is 5.73. The van der Waals surface area contributed by atoms with E-state index < -0.39 is 0 Å². The summed E-state index contributed by atoms with van der Waals surface area (Å²) in [4.78, 5) is 12.0. The molecular formula is C16H14BrCl2NO2. The van der Waals surface area contributed by atoms with Gasteiger partial charge < -0.3 is 10.1 Å². The van der Waals surface area contributed by atoms with Gasteiger partial charge >= 0.3 is 0 Å². The molecule has 0 atom stereocenters. The van der Waals surface area contributed by atoms with E-state index in [1.54, 1.807) is 24.3 Å². The van der Waals surface area contributed by atoms with Crippen LogP contribution in [0.2, 0.25) is 10.0 Å². The van der Waals surface area contributed by atoms with Gasteiger partial charge in [0.2, 0.25) is 0 Å². The molecule has 0 unspecified atom stereocenters. The van der Waals surface area contributed by atoms with E-state index in [4.69, 9.17) is 27.9 Å². The normalized spacial score (nSPS) is 10.4. The Morgan fingerprint density at radius 2 is 1.91 bits per heavy atom. The number of hydrogen-bond acceptors (Lipinski definition) is 2. The van der Waals surface area contributed by atoms with Gasteiger partial charge in [0, 0.05) is 4.47 Å². The molecule has 0 saturated carbocycles. The molecule has 6 heteroatoms. The Hall–Kier alpha value is -1.23. The SMILES string of the molecule is Cc1cc(C)c(NC(=O)COc2ccc(Br)cc2Cl)c(Cl)c1. The van der Waals surface area contributed by atoms with Crippen molar-refractivity contribution >= 4 is 50.7 Å². The van der Waals surface area contributed by atoms with Gasteiger partial charge in [-0.3, -0.25) is 4.79 Å². The molecule has 0 saturated heterocycles. The fraction of sp³-hybridized carbons (Fsp3) is 0.188. The second-order valence-electron chi connectivity index (χ2n) is 4.85. The third kappa shape index (κ3) is 4.38. The first kappa shape index (κ1) is 17.1. The Labute approximate surface area is 147 Å². The zero-order chi connectivity index (χ0) is 16.3. The van der Waals surface area contributed by atoms with Crippen LogP contribution in [0.5, 0.6) is 5.75 Å². The average Bonchev–Trinajstić information content (AvgIpc) is 2.42. The summed E-state index contributed by atoms with van der Waals surface area (Å²) in [6.45, 7) is 3.69. The molecule has 3 nitrogen and oxygen atoms in total. The Bertz CT molecular complexity index is 696. The maximum absolute atomic E-state index is 12.0. The maximum Gasteiger partial charge on any atom is 0.262 e. The van der Waals surface area contributed by atoms with E-state index in [1.807, 2.05) is 19.9 Å². The molecule has 1 N–H and O–H groups in total. The zero-order valence-electron chi connectivity index (χ0n) is 12.0. The molecule has 0 bridgehead atoms. The van der Waals surface area contributed by atoms with Gasteiger partial charge in [0.25, 0.3) is 5.91 Å².